The van der Waals surface area contributed by atoms with E-state index < -0.39 is 28.2 Å². The monoisotopic (exact) mass is 590 g/mol. The minimum absolute atomic E-state index is 0.00729. The van der Waals surface area contributed by atoms with Crippen molar-refractivity contribution in [1.29, 1.82) is 0 Å². The average molecular weight is 591 g/mol. The van der Waals surface area contributed by atoms with Crippen LogP contribution in [-0.2, 0) is 9.53 Å². The number of carbonyl (C=O) groups excluding carboxylic acids is 1. The number of halogens is 1. The standard InChI is InChI=1S/C29H23ClN4O8/c1-4-40-29(36)16(2)41-26-17(12-18(30)13-22(26)34(37)38)15-31-33-27(32-21-9-6-5-8-19(21)28(33)35)25-14-20-23(39-3)10-7-11-24(20)42-25/h5-16H,4H2,1-3H3/t16-/m1/s1. The molecule has 0 aliphatic rings. The maximum Gasteiger partial charge on any atom is 0.347 e. The van der Waals surface area contributed by atoms with Crippen LogP contribution in [0.3, 0.4) is 0 Å². The number of aromatic nitrogens is 2. The number of methoxy groups -OCH3 is 1. The Morgan fingerprint density at radius 2 is 1.98 bits per heavy atom. The summed E-state index contributed by atoms with van der Waals surface area (Å²) in [7, 11) is 1.53. The number of hydrogen-bond acceptors (Lipinski definition) is 10. The van der Waals surface area contributed by atoms with Gasteiger partial charge in [-0.05, 0) is 50.2 Å². The van der Waals surface area contributed by atoms with Crippen LogP contribution in [0.25, 0.3) is 33.5 Å². The van der Waals surface area contributed by atoms with Crippen LogP contribution in [0.5, 0.6) is 11.5 Å². The van der Waals surface area contributed by atoms with E-state index in [2.05, 4.69) is 10.1 Å². The van der Waals surface area contributed by atoms with Gasteiger partial charge in [0.2, 0.25) is 11.6 Å². The number of esters is 1. The minimum atomic E-state index is -1.19. The molecule has 0 saturated heterocycles. The van der Waals surface area contributed by atoms with Crippen LogP contribution < -0.4 is 15.0 Å². The van der Waals surface area contributed by atoms with E-state index in [0.717, 1.165) is 17.0 Å². The fourth-order valence-electron chi connectivity index (χ4n) is 4.28. The van der Waals surface area contributed by atoms with Gasteiger partial charge < -0.3 is 18.6 Å². The molecular weight excluding hydrogens is 568 g/mol. The highest BCUT2D eigenvalue weighted by atomic mass is 35.5. The number of nitro groups is 1. The van der Waals surface area contributed by atoms with E-state index in [1.54, 1.807) is 55.5 Å². The Morgan fingerprint density at radius 3 is 2.71 bits per heavy atom. The molecule has 2 heterocycles. The van der Waals surface area contributed by atoms with E-state index in [9.17, 15) is 19.7 Å². The van der Waals surface area contributed by atoms with Crippen LogP contribution in [0.4, 0.5) is 5.69 Å². The summed E-state index contributed by atoms with van der Waals surface area (Å²) in [5.41, 5.74) is -0.104. The lowest BCUT2D eigenvalue weighted by molar-refractivity contribution is -0.386. The van der Waals surface area contributed by atoms with Crippen LogP contribution in [0.2, 0.25) is 5.02 Å². The first-order valence-corrected chi connectivity index (χ1v) is 13.0. The number of hydrogen-bond donors (Lipinski definition) is 0. The van der Waals surface area contributed by atoms with Crippen molar-refractivity contribution in [2.45, 2.75) is 20.0 Å². The lowest BCUT2D eigenvalue weighted by Crippen LogP contribution is -2.27. The van der Waals surface area contributed by atoms with E-state index >= 15 is 0 Å². The van der Waals surface area contributed by atoms with Gasteiger partial charge in [0.05, 0.1) is 41.1 Å². The molecule has 0 unspecified atom stereocenters. The molecule has 2 aromatic heterocycles. The molecule has 0 aliphatic heterocycles. The molecule has 0 aliphatic carbocycles. The number of carbonyl (C=O) groups is 1. The summed E-state index contributed by atoms with van der Waals surface area (Å²) < 4.78 is 23.1. The van der Waals surface area contributed by atoms with Gasteiger partial charge in [-0.1, -0.05) is 29.8 Å². The zero-order chi connectivity index (χ0) is 30.0. The highest BCUT2D eigenvalue weighted by Crippen LogP contribution is 2.35. The first kappa shape index (κ1) is 28.3. The fraction of sp³-hybridized carbons (Fsp3) is 0.172. The number of fused-ring (bicyclic) bond motifs is 2. The molecule has 0 radical (unpaired) electrons. The minimum Gasteiger partial charge on any atom is -0.496 e. The van der Waals surface area contributed by atoms with Gasteiger partial charge in [0, 0.05) is 16.7 Å². The van der Waals surface area contributed by atoms with Gasteiger partial charge in [-0.3, -0.25) is 14.9 Å². The summed E-state index contributed by atoms with van der Waals surface area (Å²) in [5.74, 6) is -0.164. The molecule has 1 atom stereocenters. The summed E-state index contributed by atoms with van der Waals surface area (Å²) in [4.78, 5) is 41.7. The Morgan fingerprint density at radius 1 is 1.19 bits per heavy atom. The molecule has 0 saturated carbocycles. The van der Waals surface area contributed by atoms with Crippen LogP contribution in [0, 0.1) is 10.1 Å². The van der Waals surface area contributed by atoms with Gasteiger partial charge in [0.1, 0.15) is 11.3 Å². The van der Waals surface area contributed by atoms with Crippen LogP contribution in [0.1, 0.15) is 19.4 Å². The number of nitrogens with zero attached hydrogens (tertiary/aromatic N) is 4. The molecule has 3 aromatic carbocycles. The van der Waals surface area contributed by atoms with Gasteiger partial charge in [0.25, 0.3) is 5.56 Å². The third kappa shape index (κ3) is 5.39. The predicted molar refractivity (Wildman–Crippen MR) is 156 cm³/mol. The van der Waals surface area contributed by atoms with Gasteiger partial charge in [-0.2, -0.15) is 9.78 Å². The van der Waals surface area contributed by atoms with Crippen molar-refractivity contribution in [3.05, 3.63) is 91.7 Å². The Labute approximate surface area is 242 Å². The van der Waals surface area contributed by atoms with Gasteiger partial charge >= 0.3 is 11.7 Å². The molecule has 0 spiro atoms. The van der Waals surface area contributed by atoms with Crippen molar-refractivity contribution in [1.82, 2.24) is 9.66 Å². The summed E-state index contributed by atoms with van der Waals surface area (Å²) in [6, 6.07) is 16.1. The third-order valence-electron chi connectivity index (χ3n) is 6.20. The van der Waals surface area contributed by atoms with Gasteiger partial charge in [-0.25, -0.2) is 9.78 Å². The van der Waals surface area contributed by atoms with Crippen molar-refractivity contribution in [2.75, 3.05) is 13.7 Å². The Hall–Kier alpha value is -5.23. The molecule has 0 amide bonds. The SMILES string of the molecule is CCOC(=O)[C@@H](C)Oc1c(C=Nn2c(-c3cc4c(OC)cccc4o3)nc3ccccc3c2=O)cc(Cl)cc1[N+](=O)[O-]. The third-order valence-corrected chi connectivity index (χ3v) is 6.42. The van der Waals surface area contributed by atoms with Crippen molar-refractivity contribution in [3.63, 3.8) is 0 Å². The molecule has 12 nitrogen and oxygen atoms in total. The number of benzene rings is 3. The van der Waals surface area contributed by atoms with E-state index in [1.165, 1.54) is 20.1 Å². The summed E-state index contributed by atoms with van der Waals surface area (Å²) in [5, 5.41) is 17.2. The number of nitro benzene ring substituents is 1. The zero-order valence-corrected chi connectivity index (χ0v) is 23.3. The lowest BCUT2D eigenvalue weighted by atomic mass is 10.2. The number of furan rings is 1. The molecule has 5 aromatic rings. The molecule has 0 fully saturated rings. The number of rotatable bonds is 9. The largest absolute Gasteiger partial charge is 0.496 e. The summed E-state index contributed by atoms with van der Waals surface area (Å²) >= 11 is 6.19. The van der Waals surface area contributed by atoms with Crippen molar-refractivity contribution < 1.29 is 28.3 Å². The predicted octanol–water partition coefficient (Wildman–Crippen LogP) is 5.59. The van der Waals surface area contributed by atoms with E-state index in [-0.39, 0.29) is 39.9 Å². The van der Waals surface area contributed by atoms with Gasteiger partial charge in [0.15, 0.2) is 11.9 Å². The van der Waals surface area contributed by atoms with Crippen molar-refractivity contribution in [3.8, 4) is 23.1 Å². The second-order valence-corrected chi connectivity index (χ2v) is 9.35. The lowest BCUT2D eigenvalue weighted by Gasteiger charge is -2.15. The first-order chi connectivity index (χ1) is 20.2. The quantitative estimate of drug-likeness (QED) is 0.0926. The maximum atomic E-state index is 13.7. The van der Waals surface area contributed by atoms with E-state index in [4.69, 9.17) is 30.2 Å². The van der Waals surface area contributed by atoms with Crippen LogP contribution in [-0.4, -0.2) is 46.6 Å². The van der Waals surface area contributed by atoms with E-state index in [0.29, 0.717) is 22.2 Å². The normalized spacial score (nSPS) is 12.1. The molecule has 42 heavy (non-hydrogen) atoms. The zero-order valence-electron chi connectivity index (χ0n) is 22.6. The highest BCUT2D eigenvalue weighted by molar-refractivity contribution is 6.31. The Bertz CT molecular complexity index is 1930. The van der Waals surface area contributed by atoms with Gasteiger partial charge in [-0.15, -0.1) is 0 Å². The Balaban J connectivity index is 1.70. The van der Waals surface area contributed by atoms with Crippen molar-refractivity contribution >= 4 is 51.3 Å². The molecule has 0 bridgehead atoms. The summed E-state index contributed by atoms with van der Waals surface area (Å²) in [6.45, 7) is 3.11. The number of para-hydroxylation sites is 1. The topological polar surface area (TPSA) is 148 Å². The van der Waals surface area contributed by atoms with Crippen molar-refractivity contribution in [2.24, 2.45) is 5.10 Å². The smallest absolute Gasteiger partial charge is 0.347 e. The molecule has 214 valence electrons. The highest BCUT2D eigenvalue weighted by Gasteiger charge is 2.26. The van der Waals surface area contributed by atoms with Crippen LogP contribution in [0.15, 0.2) is 75.0 Å². The first-order valence-electron chi connectivity index (χ1n) is 12.7. The maximum absolute atomic E-state index is 13.7. The molecule has 5 rings (SSSR count). The van der Waals surface area contributed by atoms with E-state index in [1.807, 2.05) is 0 Å². The number of ether oxygens (including phenoxy) is 3. The molecule has 13 heteroatoms. The molecular formula is C29H23ClN4O8. The molecule has 0 N–H and O–H groups in total. The Kier molecular flexibility index (Phi) is 7.89. The fourth-order valence-corrected chi connectivity index (χ4v) is 4.50. The average Bonchev–Trinajstić information content (AvgIpc) is 3.42. The second-order valence-electron chi connectivity index (χ2n) is 8.91. The second kappa shape index (κ2) is 11.7. The van der Waals surface area contributed by atoms with Crippen LogP contribution >= 0.6 is 11.6 Å². The summed E-state index contributed by atoms with van der Waals surface area (Å²) in [6.07, 6.45) is -0.0282.